The number of carboxylic acid groups (broad SMARTS) is 1. The Balaban J connectivity index is 2.00. The van der Waals surface area contributed by atoms with Gasteiger partial charge in [0.1, 0.15) is 11.3 Å². The van der Waals surface area contributed by atoms with Crippen molar-refractivity contribution in [3.63, 3.8) is 0 Å². The van der Waals surface area contributed by atoms with Gasteiger partial charge in [0.25, 0.3) is 0 Å². The minimum absolute atomic E-state index is 0.0906. The minimum atomic E-state index is -3.92. The quantitative estimate of drug-likeness (QED) is 0.513. The van der Waals surface area contributed by atoms with Crippen molar-refractivity contribution in [3.8, 4) is 0 Å². The van der Waals surface area contributed by atoms with Crippen LogP contribution in [0.1, 0.15) is 21.9 Å². The molecule has 2 aromatic rings. The summed E-state index contributed by atoms with van der Waals surface area (Å²) in [6.07, 6.45) is 1.37. The van der Waals surface area contributed by atoms with Gasteiger partial charge in [0, 0.05) is 6.42 Å². The fourth-order valence-electron chi connectivity index (χ4n) is 2.75. The lowest BCUT2D eigenvalue weighted by Gasteiger charge is -2.17. The lowest BCUT2D eigenvalue weighted by molar-refractivity contribution is -0.141. The zero-order chi connectivity index (χ0) is 21.4. The third-order valence-corrected chi connectivity index (χ3v) is 5.98. The van der Waals surface area contributed by atoms with E-state index in [1.54, 1.807) is 54.6 Å². The highest BCUT2D eigenvalue weighted by atomic mass is 32.2. The van der Waals surface area contributed by atoms with Crippen LogP contribution in [0.3, 0.4) is 0 Å². The Morgan fingerprint density at radius 1 is 1.10 bits per heavy atom. The van der Waals surface area contributed by atoms with Gasteiger partial charge in [0.05, 0.1) is 6.54 Å². The molecular formula is C21H24N2O5S. The van der Waals surface area contributed by atoms with Gasteiger partial charge in [0.15, 0.2) is 0 Å². The summed E-state index contributed by atoms with van der Waals surface area (Å²) in [6.45, 7) is 4.89. The molecule has 0 saturated heterocycles. The Kier molecular flexibility index (Phi) is 7.69. The molecule has 3 N–H and O–H groups in total. The third kappa shape index (κ3) is 6.55. The molecule has 0 aliphatic heterocycles. The molecule has 154 valence electrons. The summed E-state index contributed by atoms with van der Waals surface area (Å²) < 4.78 is 27.4. The first-order valence-electron chi connectivity index (χ1n) is 8.96. The van der Waals surface area contributed by atoms with Gasteiger partial charge in [-0.15, -0.1) is 6.58 Å². The van der Waals surface area contributed by atoms with Crippen molar-refractivity contribution in [2.45, 2.75) is 24.6 Å². The van der Waals surface area contributed by atoms with Crippen molar-refractivity contribution in [1.82, 2.24) is 10.0 Å². The number of amides is 1. The zero-order valence-electron chi connectivity index (χ0n) is 16.0. The molecule has 0 aromatic heterocycles. The molecule has 0 radical (unpaired) electrons. The first kappa shape index (κ1) is 22.3. The van der Waals surface area contributed by atoms with E-state index in [1.807, 2.05) is 6.92 Å². The van der Waals surface area contributed by atoms with E-state index in [1.165, 1.54) is 6.08 Å². The summed E-state index contributed by atoms with van der Waals surface area (Å²) in [5, 5.41) is 10.7. The van der Waals surface area contributed by atoms with Crippen LogP contribution in [-0.2, 0) is 26.0 Å². The van der Waals surface area contributed by atoms with Crippen LogP contribution in [0.15, 0.2) is 67.3 Å². The lowest BCUT2D eigenvalue weighted by atomic mass is 10.1. The van der Waals surface area contributed by atoms with Gasteiger partial charge < -0.3 is 10.4 Å². The molecule has 0 saturated carbocycles. The van der Waals surface area contributed by atoms with Gasteiger partial charge >= 0.3 is 5.97 Å². The van der Waals surface area contributed by atoms with Crippen LogP contribution < -0.4 is 10.0 Å². The molecule has 29 heavy (non-hydrogen) atoms. The molecule has 0 aliphatic carbocycles. The first-order valence-corrected chi connectivity index (χ1v) is 10.5. The van der Waals surface area contributed by atoms with Crippen LogP contribution in [0.2, 0.25) is 0 Å². The number of aliphatic carboxylic acids is 1. The maximum absolute atomic E-state index is 12.6. The fourth-order valence-corrected chi connectivity index (χ4v) is 4.03. The highest BCUT2D eigenvalue weighted by molar-refractivity contribution is 7.89. The smallest absolute Gasteiger partial charge is 0.326 e. The molecule has 2 atom stereocenters. The molecule has 7 nitrogen and oxygen atoms in total. The number of carboxylic acids is 1. The number of rotatable bonds is 10. The van der Waals surface area contributed by atoms with Crippen LogP contribution in [0, 0.1) is 6.92 Å². The van der Waals surface area contributed by atoms with Crippen molar-refractivity contribution < 1.29 is 23.1 Å². The average molecular weight is 416 g/mol. The van der Waals surface area contributed by atoms with Crippen LogP contribution in [-0.4, -0.2) is 38.0 Å². The molecule has 1 amide bonds. The van der Waals surface area contributed by atoms with Crippen molar-refractivity contribution in [3.05, 3.63) is 83.9 Å². The van der Waals surface area contributed by atoms with Crippen molar-refractivity contribution in [2.24, 2.45) is 0 Å². The van der Waals surface area contributed by atoms with E-state index in [0.29, 0.717) is 5.56 Å². The lowest BCUT2D eigenvalue weighted by Crippen LogP contribution is -2.47. The Morgan fingerprint density at radius 3 is 2.28 bits per heavy atom. The van der Waals surface area contributed by atoms with Crippen LogP contribution in [0.5, 0.6) is 0 Å². The van der Waals surface area contributed by atoms with Gasteiger partial charge in [0.2, 0.25) is 15.9 Å². The van der Waals surface area contributed by atoms with E-state index in [2.05, 4.69) is 16.6 Å². The second kappa shape index (κ2) is 9.99. The summed E-state index contributed by atoms with van der Waals surface area (Å²) in [4.78, 5) is 23.6. The monoisotopic (exact) mass is 416 g/mol. The largest absolute Gasteiger partial charge is 0.480 e. The Morgan fingerprint density at radius 2 is 1.72 bits per heavy atom. The third-order valence-electron chi connectivity index (χ3n) is 4.30. The number of benzene rings is 2. The highest BCUT2D eigenvalue weighted by Crippen LogP contribution is 2.22. The molecule has 0 aliphatic rings. The SMILES string of the molecule is C=CC(c1ccc(C)cc1)S(=O)(=O)NCC(=O)N[C@@H](Cc1ccccc1)C(=O)O. The number of sulfonamides is 1. The topological polar surface area (TPSA) is 113 Å². The Hall–Kier alpha value is -2.97. The summed E-state index contributed by atoms with van der Waals surface area (Å²) in [5.41, 5.74) is 2.25. The van der Waals surface area contributed by atoms with Crippen LogP contribution in [0.25, 0.3) is 0 Å². The van der Waals surface area contributed by atoms with Gasteiger partial charge in [-0.3, -0.25) is 4.79 Å². The van der Waals surface area contributed by atoms with Crippen molar-refractivity contribution in [2.75, 3.05) is 6.54 Å². The predicted molar refractivity (Wildman–Crippen MR) is 111 cm³/mol. The highest BCUT2D eigenvalue weighted by Gasteiger charge is 2.26. The summed E-state index contributed by atoms with van der Waals surface area (Å²) >= 11 is 0. The molecular weight excluding hydrogens is 392 g/mol. The average Bonchev–Trinajstić information content (AvgIpc) is 2.68. The normalized spacial score (nSPS) is 13.3. The zero-order valence-corrected chi connectivity index (χ0v) is 16.9. The molecule has 0 spiro atoms. The summed E-state index contributed by atoms with van der Waals surface area (Å²) in [5.74, 6) is -1.93. The number of aryl methyl sites for hydroxylation is 1. The van der Waals surface area contributed by atoms with Gasteiger partial charge in [-0.1, -0.05) is 66.2 Å². The predicted octanol–water partition coefficient (Wildman–Crippen LogP) is 1.95. The molecule has 0 heterocycles. The second-order valence-electron chi connectivity index (χ2n) is 6.58. The number of hydrogen-bond donors (Lipinski definition) is 3. The molecule has 0 fully saturated rings. The fraction of sp³-hybridized carbons (Fsp3) is 0.238. The van der Waals surface area contributed by atoms with Gasteiger partial charge in [-0.25, -0.2) is 17.9 Å². The van der Waals surface area contributed by atoms with E-state index in [4.69, 9.17) is 0 Å². The number of hydrogen-bond acceptors (Lipinski definition) is 4. The molecule has 2 aromatic carbocycles. The maximum Gasteiger partial charge on any atom is 0.326 e. The van der Waals surface area contributed by atoms with Crippen LogP contribution in [0.4, 0.5) is 0 Å². The van der Waals surface area contributed by atoms with Gasteiger partial charge in [-0.2, -0.15) is 0 Å². The molecule has 0 bridgehead atoms. The standard InChI is InChI=1S/C21H24N2O5S/c1-3-19(17-11-9-15(2)10-12-17)29(27,28)22-14-20(24)23-18(21(25)26)13-16-7-5-4-6-8-16/h3-12,18-19,22H,1,13-14H2,2H3,(H,23,24)(H,25,26)/t18-,19?/m0/s1. The molecule has 8 heteroatoms. The molecule has 1 unspecified atom stereocenters. The van der Waals surface area contributed by atoms with E-state index in [-0.39, 0.29) is 6.42 Å². The van der Waals surface area contributed by atoms with Crippen molar-refractivity contribution >= 4 is 21.9 Å². The number of nitrogens with one attached hydrogen (secondary N) is 2. The number of carbonyl (C=O) groups excluding carboxylic acids is 1. The van der Waals surface area contributed by atoms with E-state index >= 15 is 0 Å². The second-order valence-corrected chi connectivity index (χ2v) is 8.47. The van der Waals surface area contributed by atoms with Gasteiger partial charge in [-0.05, 0) is 18.1 Å². The van der Waals surface area contributed by atoms with E-state index in [9.17, 15) is 23.1 Å². The van der Waals surface area contributed by atoms with Crippen molar-refractivity contribution in [1.29, 1.82) is 0 Å². The van der Waals surface area contributed by atoms with Crippen LogP contribution >= 0.6 is 0 Å². The van der Waals surface area contributed by atoms with E-state index < -0.39 is 39.7 Å². The Labute approximate surface area is 170 Å². The molecule has 2 rings (SSSR count). The maximum atomic E-state index is 12.6. The minimum Gasteiger partial charge on any atom is -0.480 e. The first-order chi connectivity index (χ1) is 13.7. The van der Waals surface area contributed by atoms with E-state index in [0.717, 1.165) is 11.1 Å². The Bertz CT molecular complexity index is 956. The number of carbonyl (C=O) groups is 2. The summed E-state index contributed by atoms with van der Waals surface area (Å²) in [7, 11) is -3.92. The summed E-state index contributed by atoms with van der Waals surface area (Å²) in [6, 6.07) is 14.6.